The molecule has 5 heteroatoms. The van der Waals surface area contributed by atoms with Crippen molar-refractivity contribution in [2.45, 2.75) is 37.0 Å². The lowest BCUT2D eigenvalue weighted by atomic mass is 9.93. The second-order valence-electron chi connectivity index (χ2n) is 7.81. The van der Waals surface area contributed by atoms with Crippen LogP contribution in [0.3, 0.4) is 0 Å². The van der Waals surface area contributed by atoms with Crippen LogP contribution >= 0.6 is 11.8 Å². The van der Waals surface area contributed by atoms with Gasteiger partial charge in [-0.05, 0) is 37.0 Å². The van der Waals surface area contributed by atoms with E-state index in [1.807, 2.05) is 77.3 Å². The van der Waals surface area contributed by atoms with Gasteiger partial charge >= 0.3 is 0 Å². The number of carbonyl (C=O) groups excluding carboxylic acids is 2. The molecule has 0 unspecified atom stereocenters. The van der Waals surface area contributed by atoms with Crippen LogP contribution in [0, 0.1) is 0 Å². The van der Waals surface area contributed by atoms with E-state index < -0.39 is 0 Å². The SMILES string of the molecule is CC[C@@H](C(=O)N1CCC2(CC1)SCCN2C(=O)c1ccccc1)c1ccccc1. The van der Waals surface area contributed by atoms with Gasteiger partial charge in [-0.15, -0.1) is 11.8 Å². The number of hydrogen-bond donors (Lipinski definition) is 0. The molecule has 0 aromatic heterocycles. The molecule has 152 valence electrons. The summed E-state index contributed by atoms with van der Waals surface area (Å²) < 4.78 is 0. The summed E-state index contributed by atoms with van der Waals surface area (Å²) in [5.41, 5.74) is 1.85. The fourth-order valence-corrected chi connectivity index (χ4v) is 6.04. The number of carbonyl (C=O) groups is 2. The van der Waals surface area contributed by atoms with Gasteiger partial charge in [-0.2, -0.15) is 0 Å². The van der Waals surface area contributed by atoms with Gasteiger partial charge in [-0.1, -0.05) is 55.5 Å². The smallest absolute Gasteiger partial charge is 0.254 e. The first-order valence-electron chi connectivity index (χ1n) is 10.5. The highest BCUT2D eigenvalue weighted by Crippen LogP contribution is 2.45. The lowest BCUT2D eigenvalue weighted by Gasteiger charge is -2.44. The Hall–Kier alpha value is -2.27. The van der Waals surface area contributed by atoms with Crippen molar-refractivity contribution >= 4 is 23.6 Å². The van der Waals surface area contributed by atoms with Crippen molar-refractivity contribution in [2.24, 2.45) is 0 Å². The van der Waals surface area contributed by atoms with Gasteiger partial charge in [0.2, 0.25) is 5.91 Å². The summed E-state index contributed by atoms with van der Waals surface area (Å²) in [4.78, 5) is 30.2. The molecule has 4 nitrogen and oxygen atoms in total. The number of piperidine rings is 1. The zero-order valence-electron chi connectivity index (χ0n) is 16.9. The molecule has 1 spiro atoms. The number of likely N-dealkylation sites (tertiary alicyclic amines) is 1. The van der Waals surface area contributed by atoms with Crippen LogP contribution < -0.4 is 0 Å². The van der Waals surface area contributed by atoms with E-state index in [1.165, 1.54) is 0 Å². The molecule has 4 rings (SSSR count). The van der Waals surface area contributed by atoms with Crippen molar-refractivity contribution in [3.05, 3.63) is 71.8 Å². The molecule has 0 N–H and O–H groups in total. The fraction of sp³-hybridized carbons (Fsp3) is 0.417. The van der Waals surface area contributed by atoms with E-state index in [0.717, 1.165) is 42.7 Å². The topological polar surface area (TPSA) is 40.6 Å². The van der Waals surface area contributed by atoms with Crippen LogP contribution in [0.5, 0.6) is 0 Å². The zero-order chi connectivity index (χ0) is 20.3. The fourth-order valence-electron chi connectivity index (χ4n) is 4.58. The first-order valence-corrected chi connectivity index (χ1v) is 11.5. The Kier molecular flexibility index (Phi) is 5.95. The third-order valence-electron chi connectivity index (χ3n) is 6.21. The van der Waals surface area contributed by atoms with E-state index in [4.69, 9.17) is 0 Å². The minimum atomic E-state index is -0.168. The van der Waals surface area contributed by atoms with Crippen LogP contribution in [0.25, 0.3) is 0 Å². The van der Waals surface area contributed by atoms with Gasteiger partial charge in [0.15, 0.2) is 0 Å². The monoisotopic (exact) mass is 408 g/mol. The van der Waals surface area contributed by atoms with Crippen molar-refractivity contribution in [3.8, 4) is 0 Å². The molecule has 2 aliphatic heterocycles. The Bertz CT molecular complexity index is 848. The van der Waals surface area contributed by atoms with Crippen molar-refractivity contribution in [2.75, 3.05) is 25.4 Å². The zero-order valence-corrected chi connectivity index (χ0v) is 17.7. The van der Waals surface area contributed by atoms with E-state index >= 15 is 0 Å². The lowest BCUT2D eigenvalue weighted by Crippen LogP contribution is -2.54. The summed E-state index contributed by atoms with van der Waals surface area (Å²) in [6.07, 6.45) is 2.48. The van der Waals surface area contributed by atoms with Crippen molar-refractivity contribution < 1.29 is 9.59 Å². The van der Waals surface area contributed by atoms with E-state index in [9.17, 15) is 9.59 Å². The Balaban J connectivity index is 1.45. The molecule has 0 radical (unpaired) electrons. The molecular formula is C24H28N2O2S. The van der Waals surface area contributed by atoms with Gasteiger partial charge < -0.3 is 9.80 Å². The Labute approximate surface area is 177 Å². The van der Waals surface area contributed by atoms with Crippen LogP contribution in [-0.4, -0.2) is 51.9 Å². The van der Waals surface area contributed by atoms with E-state index in [-0.39, 0.29) is 22.6 Å². The maximum absolute atomic E-state index is 13.2. The Morgan fingerprint density at radius 1 is 0.966 bits per heavy atom. The first-order chi connectivity index (χ1) is 14.1. The van der Waals surface area contributed by atoms with Crippen LogP contribution in [0.2, 0.25) is 0 Å². The maximum Gasteiger partial charge on any atom is 0.254 e. The number of amides is 2. The summed E-state index contributed by atoms with van der Waals surface area (Å²) in [5, 5.41) is 0. The number of nitrogens with zero attached hydrogens (tertiary/aromatic N) is 2. The molecule has 2 heterocycles. The third kappa shape index (κ3) is 3.93. The molecule has 1 atom stereocenters. The molecule has 2 fully saturated rings. The largest absolute Gasteiger partial charge is 0.342 e. The van der Waals surface area contributed by atoms with Gasteiger partial charge in [0.05, 0.1) is 10.8 Å². The second kappa shape index (κ2) is 8.62. The van der Waals surface area contributed by atoms with Crippen LogP contribution in [0.4, 0.5) is 0 Å². The number of thioether (sulfide) groups is 1. The predicted octanol–water partition coefficient (Wildman–Crippen LogP) is 4.39. The molecule has 2 saturated heterocycles. The molecule has 2 aromatic carbocycles. The normalized spacial score (nSPS) is 19.3. The summed E-state index contributed by atoms with van der Waals surface area (Å²) in [5.74, 6) is 1.22. The molecule has 0 bridgehead atoms. The van der Waals surface area contributed by atoms with E-state index in [1.54, 1.807) is 0 Å². The highest BCUT2D eigenvalue weighted by molar-refractivity contribution is 8.00. The van der Waals surface area contributed by atoms with Gasteiger partial charge in [-0.3, -0.25) is 9.59 Å². The molecule has 0 saturated carbocycles. The molecule has 29 heavy (non-hydrogen) atoms. The maximum atomic E-state index is 13.2. The number of hydrogen-bond acceptors (Lipinski definition) is 3. The minimum absolute atomic E-state index is 0.0801. The van der Waals surface area contributed by atoms with Gasteiger partial charge in [0, 0.05) is 31.0 Å². The van der Waals surface area contributed by atoms with Gasteiger partial charge in [-0.25, -0.2) is 0 Å². The van der Waals surface area contributed by atoms with Crippen molar-refractivity contribution in [1.29, 1.82) is 0 Å². The minimum Gasteiger partial charge on any atom is -0.342 e. The molecular weight excluding hydrogens is 380 g/mol. The number of benzene rings is 2. The second-order valence-corrected chi connectivity index (χ2v) is 9.27. The molecule has 2 aromatic rings. The molecule has 0 aliphatic carbocycles. The predicted molar refractivity (Wildman–Crippen MR) is 118 cm³/mol. The molecule has 2 aliphatic rings. The Morgan fingerprint density at radius 2 is 1.59 bits per heavy atom. The average molecular weight is 409 g/mol. The van der Waals surface area contributed by atoms with E-state index in [2.05, 4.69) is 11.8 Å². The average Bonchev–Trinajstić information content (AvgIpc) is 3.18. The standard InChI is InChI=1S/C24H28N2O2S/c1-2-21(19-9-5-3-6-10-19)23(28)25-15-13-24(14-16-25)26(17-18-29-24)22(27)20-11-7-4-8-12-20/h3-12,21H,2,13-18H2,1H3/t21-/m1/s1. The third-order valence-corrected chi connectivity index (χ3v) is 7.76. The van der Waals surface area contributed by atoms with Crippen LogP contribution in [-0.2, 0) is 4.79 Å². The molecule has 2 amide bonds. The van der Waals surface area contributed by atoms with Crippen molar-refractivity contribution in [1.82, 2.24) is 9.80 Å². The first kappa shape index (κ1) is 20.0. The van der Waals surface area contributed by atoms with Gasteiger partial charge in [0.1, 0.15) is 0 Å². The van der Waals surface area contributed by atoms with E-state index in [0.29, 0.717) is 13.1 Å². The van der Waals surface area contributed by atoms with Crippen LogP contribution in [0.15, 0.2) is 60.7 Å². The van der Waals surface area contributed by atoms with Gasteiger partial charge in [0.25, 0.3) is 5.91 Å². The van der Waals surface area contributed by atoms with Crippen LogP contribution in [0.1, 0.15) is 48.0 Å². The summed E-state index contributed by atoms with van der Waals surface area (Å²) in [6, 6.07) is 19.6. The Morgan fingerprint density at radius 3 is 2.21 bits per heavy atom. The highest BCUT2D eigenvalue weighted by Gasteiger charge is 2.47. The summed E-state index contributed by atoms with van der Waals surface area (Å²) in [6.45, 7) is 4.30. The highest BCUT2D eigenvalue weighted by atomic mass is 32.2. The quantitative estimate of drug-likeness (QED) is 0.753. The lowest BCUT2D eigenvalue weighted by molar-refractivity contribution is -0.134. The summed E-state index contributed by atoms with van der Waals surface area (Å²) in [7, 11) is 0. The summed E-state index contributed by atoms with van der Waals surface area (Å²) >= 11 is 1.89. The van der Waals surface area contributed by atoms with Crippen molar-refractivity contribution in [3.63, 3.8) is 0 Å². The number of rotatable bonds is 4.